The second-order valence-corrected chi connectivity index (χ2v) is 4.36. The molecule has 17 heavy (non-hydrogen) atoms. The average molecular weight is 250 g/mol. The Morgan fingerprint density at radius 3 is 3.00 bits per heavy atom. The van der Waals surface area contributed by atoms with Crippen molar-refractivity contribution in [2.75, 3.05) is 0 Å². The topological polar surface area (TPSA) is 77.3 Å². The van der Waals surface area contributed by atoms with Gasteiger partial charge < -0.3 is 11.6 Å². The van der Waals surface area contributed by atoms with Crippen molar-refractivity contribution >= 4 is 27.8 Å². The Morgan fingerprint density at radius 2 is 2.24 bits per heavy atom. The van der Waals surface area contributed by atoms with Crippen LogP contribution in [0.5, 0.6) is 0 Å². The van der Waals surface area contributed by atoms with Crippen molar-refractivity contribution < 1.29 is 4.39 Å². The van der Waals surface area contributed by atoms with Gasteiger partial charge in [-0.05, 0) is 23.8 Å². The van der Waals surface area contributed by atoms with E-state index in [1.807, 2.05) is 0 Å². The monoisotopic (exact) mass is 250 g/mol. The molecule has 88 valence electrons. The maximum atomic E-state index is 13.5. The number of hydrogen-bond donors (Lipinski definition) is 2. The second-order valence-electron chi connectivity index (χ2n) is 3.36. The number of benzene rings is 1. The lowest BCUT2D eigenvalue weighted by Gasteiger charge is -2.05. The van der Waals surface area contributed by atoms with E-state index in [1.54, 1.807) is 24.4 Å². The highest BCUT2D eigenvalue weighted by molar-refractivity contribution is 8.13. The molecule has 0 aliphatic heterocycles. The van der Waals surface area contributed by atoms with Crippen molar-refractivity contribution in [2.45, 2.75) is 5.75 Å². The number of aromatic nitrogens is 1. The fraction of sp³-hybridized carbons (Fsp3) is 0.0909. The summed E-state index contributed by atoms with van der Waals surface area (Å²) in [6, 6.07) is 6.53. The third-order valence-electron chi connectivity index (χ3n) is 2.30. The molecular formula is C11H11FN4S. The zero-order valence-electron chi connectivity index (χ0n) is 8.93. The van der Waals surface area contributed by atoms with Gasteiger partial charge in [0.25, 0.3) is 0 Å². The van der Waals surface area contributed by atoms with Crippen molar-refractivity contribution in [2.24, 2.45) is 16.7 Å². The Labute approximate surface area is 102 Å². The molecule has 0 spiro atoms. The molecule has 2 aromatic rings. The van der Waals surface area contributed by atoms with Crippen LogP contribution in [0.3, 0.4) is 0 Å². The van der Waals surface area contributed by atoms with Crippen LogP contribution >= 0.6 is 11.8 Å². The lowest BCUT2D eigenvalue weighted by atomic mass is 10.1. The molecule has 0 amide bonds. The van der Waals surface area contributed by atoms with Crippen LogP contribution in [0.25, 0.3) is 10.9 Å². The predicted octanol–water partition coefficient (Wildman–Crippen LogP) is 1.80. The molecule has 4 nitrogen and oxygen atoms in total. The quantitative estimate of drug-likeness (QED) is 0.369. The summed E-state index contributed by atoms with van der Waals surface area (Å²) < 4.78 is 13.5. The summed E-state index contributed by atoms with van der Waals surface area (Å²) in [4.78, 5) is 4.18. The summed E-state index contributed by atoms with van der Waals surface area (Å²) in [5.41, 5.74) is 7.03. The Morgan fingerprint density at radius 1 is 1.41 bits per heavy atom. The number of halogens is 1. The summed E-state index contributed by atoms with van der Waals surface area (Å²) in [6.07, 6.45) is 1.64. The molecule has 4 N–H and O–H groups in total. The third kappa shape index (κ3) is 2.47. The molecule has 0 atom stereocenters. The maximum absolute atomic E-state index is 13.5. The van der Waals surface area contributed by atoms with Gasteiger partial charge in [-0.25, -0.2) is 4.39 Å². The van der Waals surface area contributed by atoms with Crippen molar-refractivity contribution in [3.63, 3.8) is 0 Å². The van der Waals surface area contributed by atoms with Crippen LogP contribution in [0.1, 0.15) is 5.56 Å². The van der Waals surface area contributed by atoms with E-state index < -0.39 is 0 Å². The smallest absolute Gasteiger partial charge is 0.177 e. The lowest BCUT2D eigenvalue weighted by Crippen LogP contribution is -2.09. The number of hydrazone groups is 1. The van der Waals surface area contributed by atoms with E-state index in [0.717, 1.165) is 5.56 Å². The van der Waals surface area contributed by atoms with Crippen molar-refractivity contribution in [3.8, 4) is 0 Å². The van der Waals surface area contributed by atoms with Crippen LogP contribution in [-0.2, 0) is 5.75 Å². The van der Waals surface area contributed by atoms with Gasteiger partial charge in [0, 0.05) is 17.3 Å². The largest absolute Gasteiger partial charge is 0.377 e. The van der Waals surface area contributed by atoms with Crippen molar-refractivity contribution in [1.29, 1.82) is 0 Å². The number of hydrogen-bond acceptors (Lipinski definition) is 4. The first kappa shape index (κ1) is 11.7. The maximum Gasteiger partial charge on any atom is 0.177 e. The van der Waals surface area contributed by atoms with Crippen LogP contribution in [0.2, 0.25) is 0 Å². The molecule has 0 bridgehead atoms. The molecule has 0 aliphatic rings. The van der Waals surface area contributed by atoms with E-state index in [2.05, 4.69) is 10.1 Å². The first-order valence-corrected chi connectivity index (χ1v) is 5.89. The normalized spacial score (nSPS) is 11.9. The van der Waals surface area contributed by atoms with Gasteiger partial charge in [-0.1, -0.05) is 17.8 Å². The Hall–Kier alpha value is -1.82. The number of nitrogens with zero attached hydrogens (tertiary/aromatic N) is 2. The van der Waals surface area contributed by atoms with Gasteiger partial charge in [-0.15, -0.1) is 0 Å². The minimum Gasteiger partial charge on any atom is -0.377 e. The number of pyridine rings is 1. The molecule has 0 unspecified atom stereocenters. The van der Waals surface area contributed by atoms with Gasteiger partial charge in [-0.3, -0.25) is 4.98 Å². The highest BCUT2D eigenvalue weighted by atomic mass is 32.2. The van der Waals surface area contributed by atoms with Crippen LogP contribution in [0.15, 0.2) is 35.6 Å². The first-order chi connectivity index (χ1) is 8.22. The fourth-order valence-electron chi connectivity index (χ4n) is 1.50. The van der Waals surface area contributed by atoms with Crippen molar-refractivity contribution in [3.05, 3.63) is 41.8 Å². The standard InChI is InChI=1S/C11H11FN4S/c12-9-4-3-7(6-17-11(13)16-14)10-8(9)2-1-5-15-10/h1-5H,6,14H2,(H2,13,16). The molecular weight excluding hydrogens is 239 g/mol. The molecule has 1 aromatic heterocycles. The molecule has 2 rings (SSSR count). The van der Waals surface area contributed by atoms with Crippen LogP contribution in [0.4, 0.5) is 4.39 Å². The molecule has 1 heterocycles. The van der Waals surface area contributed by atoms with Gasteiger partial charge >= 0.3 is 0 Å². The van der Waals surface area contributed by atoms with Crippen LogP contribution in [0, 0.1) is 5.82 Å². The third-order valence-corrected chi connectivity index (χ3v) is 3.16. The molecule has 6 heteroatoms. The lowest BCUT2D eigenvalue weighted by molar-refractivity contribution is 0.639. The minimum atomic E-state index is -0.276. The van der Waals surface area contributed by atoms with Gasteiger partial charge in [0.05, 0.1) is 5.52 Å². The predicted molar refractivity (Wildman–Crippen MR) is 68.8 cm³/mol. The van der Waals surface area contributed by atoms with E-state index in [-0.39, 0.29) is 5.82 Å². The molecule has 1 aromatic carbocycles. The minimum absolute atomic E-state index is 0.276. The number of fused-ring (bicyclic) bond motifs is 1. The molecule has 0 fully saturated rings. The van der Waals surface area contributed by atoms with E-state index in [0.29, 0.717) is 21.8 Å². The highest BCUT2D eigenvalue weighted by Gasteiger charge is 2.07. The Balaban J connectivity index is 2.38. The van der Waals surface area contributed by atoms with Gasteiger partial charge in [0.2, 0.25) is 0 Å². The van der Waals surface area contributed by atoms with Crippen LogP contribution in [-0.4, -0.2) is 10.2 Å². The number of thioether (sulfide) groups is 1. The summed E-state index contributed by atoms with van der Waals surface area (Å²) in [5, 5.41) is 4.16. The zero-order chi connectivity index (χ0) is 12.3. The molecule has 0 radical (unpaired) electrons. The van der Waals surface area contributed by atoms with Gasteiger partial charge in [0.15, 0.2) is 5.17 Å². The number of nitrogens with two attached hydrogens (primary N) is 2. The fourth-order valence-corrected chi connectivity index (χ4v) is 2.11. The summed E-state index contributed by atoms with van der Waals surface area (Å²) in [7, 11) is 0. The summed E-state index contributed by atoms with van der Waals surface area (Å²) >= 11 is 1.29. The second kappa shape index (κ2) is 5.01. The van der Waals surface area contributed by atoms with E-state index in [4.69, 9.17) is 11.6 Å². The van der Waals surface area contributed by atoms with E-state index >= 15 is 0 Å². The summed E-state index contributed by atoms with van der Waals surface area (Å²) in [6.45, 7) is 0. The van der Waals surface area contributed by atoms with Crippen molar-refractivity contribution in [1.82, 2.24) is 4.98 Å². The van der Waals surface area contributed by atoms with Gasteiger partial charge in [0.1, 0.15) is 5.82 Å². The van der Waals surface area contributed by atoms with E-state index in [1.165, 1.54) is 17.8 Å². The first-order valence-electron chi connectivity index (χ1n) is 4.90. The molecule has 0 saturated heterocycles. The van der Waals surface area contributed by atoms with E-state index in [9.17, 15) is 4.39 Å². The molecule has 0 aliphatic carbocycles. The van der Waals surface area contributed by atoms with Crippen LogP contribution < -0.4 is 11.6 Å². The highest BCUT2D eigenvalue weighted by Crippen LogP contribution is 2.23. The Bertz CT molecular complexity index is 570. The number of amidine groups is 1. The molecule has 0 saturated carbocycles. The SMILES string of the molecule is NN=C(N)SCc1ccc(F)c2cccnc12. The zero-order valence-corrected chi connectivity index (χ0v) is 9.75. The number of rotatable bonds is 2. The average Bonchev–Trinajstić information content (AvgIpc) is 2.38. The Kier molecular flexibility index (Phi) is 3.43. The summed E-state index contributed by atoms with van der Waals surface area (Å²) in [5.74, 6) is 5.32. The van der Waals surface area contributed by atoms with Gasteiger partial charge in [-0.2, -0.15) is 5.10 Å².